The molecule has 2 aliphatic heterocycles. The highest BCUT2D eigenvalue weighted by Gasteiger charge is 2.57. The Labute approximate surface area is 270 Å². The van der Waals surface area contributed by atoms with Crippen molar-refractivity contribution in [3.05, 3.63) is 93.0 Å². The molecule has 2 saturated heterocycles. The molecule has 2 fully saturated rings. The molecule has 8 nitrogen and oxygen atoms in total. The van der Waals surface area contributed by atoms with Crippen LogP contribution in [0.25, 0.3) is 0 Å². The molecule has 232 valence electrons. The lowest BCUT2D eigenvalue weighted by Gasteiger charge is -2.42. The number of halogens is 1. The van der Waals surface area contributed by atoms with E-state index in [9.17, 15) is 24.3 Å². The van der Waals surface area contributed by atoms with E-state index in [-0.39, 0.29) is 51.8 Å². The number of Topliss-reactive ketones (excluding diaryl/α,β-unsaturated/α-hetero) is 1. The van der Waals surface area contributed by atoms with E-state index in [1.807, 2.05) is 31.2 Å². The lowest BCUT2D eigenvalue weighted by atomic mass is 9.59. The summed E-state index contributed by atoms with van der Waals surface area (Å²) in [5.41, 5.74) is 3.62. The van der Waals surface area contributed by atoms with Crippen molar-refractivity contribution in [3.8, 4) is 11.5 Å². The summed E-state index contributed by atoms with van der Waals surface area (Å²) >= 11 is 3.28. The molecule has 2 aromatic rings. The van der Waals surface area contributed by atoms with Crippen LogP contribution in [0.3, 0.4) is 0 Å². The van der Waals surface area contributed by atoms with Crippen LogP contribution in [0.2, 0.25) is 0 Å². The third kappa shape index (κ3) is 5.10. The van der Waals surface area contributed by atoms with Gasteiger partial charge in [-0.15, -0.1) is 0 Å². The molecule has 4 unspecified atom stereocenters. The summed E-state index contributed by atoms with van der Waals surface area (Å²) in [4.78, 5) is 59.2. The third-order valence-electron chi connectivity index (χ3n) is 10.2. The average Bonchev–Trinajstić information content (AvgIpc) is 3.30. The maximum Gasteiger partial charge on any atom is 0.233 e. The van der Waals surface area contributed by atoms with Crippen LogP contribution < -0.4 is 4.74 Å². The minimum atomic E-state index is -0.592. The minimum absolute atomic E-state index is 0.0180. The van der Waals surface area contributed by atoms with Crippen molar-refractivity contribution in [2.75, 3.05) is 19.7 Å². The van der Waals surface area contributed by atoms with Crippen LogP contribution in [-0.2, 0) is 25.7 Å². The molecule has 0 bridgehead atoms. The first-order valence-electron chi connectivity index (χ1n) is 15.7. The molecule has 5 aliphatic rings. The van der Waals surface area contributed by atoms with Gasteiger partial charge in [0.2, 0.25) is 11.8 Å². The molecular weight excluding hydrogens is 636 g/mol. The molecule has 2 heterocycles. The highest BCUT2D eigenvalue weighted by atomic mass is 79.9. The molecule has 0 spiro atoms. The first-order valence-corrected chi connectivity index (χ1v) is 16.5. The highest BCUT2D eigenvalue weighted by molar-refractivity contribution is 9.12. The molecule has 9 heteroatoms. The van der Waals surface area contributed by atoms with Gasteiger partial charge in [0.1, 0.15) is 0 Å². The van der Waals surface area contributed by atoms with Crippen LogP contribution in [0.5, 0.6) is 11.5 Å². The van der Waals surface area contributed by atoms with Crippen LogP contribution in [0.15, 0.2) is 81.9 Å². The summed E-state index contributed by atoms with van der Waals surface area (Å²) in [6.45, 7) is 4.61. The fourth-order valence-corrected chi connectivity index (χ4v) is 8.58. The van der Waals surface area contributed by atoms with Gasteiger partial charge in [0, 0.05) is 48.8 Å². The van der Waals surface area contributed by atoms with E-state index >= 15 is 0 Å². The maximum atomic E-state index is 14.3. The molecule has 45 heavy (non-hydrogen) atoms. The number of amides is 2. The lowest BCUT2D eigenvalue weighted by molar-refractivity contribution is -0.144. The quantitative estimate of drug-likeness (QED) is 0.255. The lowest BCUT2D eigenvalue weighted by Crippen LogP contribution is -2.47. The molecule has 0 saturated carbocycles. The number of fused-ring (bicyclic) bond motifs is 3. The number of hydrogen-bond acceptors (Lipinski definition) is 7. The predicted octanol–water partition coefficient (Wildman–Crippen LogP) is 5.22. The summed E-state index contributed by atoms with van der Waals surface area (Å²) in [6.07, 6.45) is 5.43. The van der Waals surface area contributed by atoms with Crippen LogP contribution in [0.1, 0.15) is 49.7 Å². The van der Waals surface area contributed by atoms with Crippen molar-refractivity contribution in [1.29, 1.82) is 0 Å². The number of likely N-dealkylation sites (tertiary alicyclic amines) is 2. The zero-order valence-electron chi connectivity index (χ0n) is 25.1. The number of ketones is 2. The van der Waals surface area contributed by atoms with Gasteiger partial charge in [-0.1, -0.05) is 48.0 Å². The number of benzene rings is 2. The number of nitrogens with zero attached hydrogens (tertiary/aromatic N) is 2. The number of ether oxygens (including phenoxy) is 1. The average molecular weight is 672 g/mol. The Bertz CT molecular complexity index is 1690. The summed E-state index contributed by atoms with van der Waals surface area (Å²) in [5, 5.41) is 10.4. The van der Waals surface area contributed by atoms with Crippen LogP contribution >= 0.6 is 15.9 Å². The minimum Gasteiger partial charge on any atom is -0.504 e. The summed E-state index contributed by atoms with van der Waals surface area (Å²) < 4.78 is 5.86. The number of piperidine rings is 1. The van der Waals surface area contributed by atoms with Gasteiger partial charge in [0.25, 0.3) is 0 Å². The van der Waals surface area contributed by atoms with E-state index in [1.165, 1.54) is 17.7 Å². The Morgan fingerprint density at radius 3 is 2.47 bits per heavy atom. The Morgan fingerprint density at radius 1 is 0.978 bits per heavy atom. The van der Waals surface area contributed by atoms with E-state index in [4.69, 9.17) is 4.74 Å². The van der Waals surface area contributed by atoms with E-state index in [0.717, 1.165) is 38.0 Å². The highest BCUT2D eigenvalue weighted by Crippen LogP contribution is 2.56. The second kappa shape index (κ2) is 11.8. The number of phenols is 1. The second-order valence-corrected chi connectivity index (χ2v) is 13.4. The molecule has 0 aromatic heterocycles. The number of phenolic OH excluding ortho intramolecular Hbond substituents is 1. The van der Waals surface area contributed by atoms with Gasteiger partial charge in [-0.3, -0.25) is 29.0 Å². The smallest absolute Gasteiger partial charge is 0.233 e. The largest absolute Gasteiger partial charge is 0.504 e. The van der Waals surface area contributed by atoms with E-state index in [2.05, 4.69) is 33.0 Å². The van der Waals surface area contributed by atoms with Gasteiger partial charge in [0.15, 0.2) is 23.1 Å². The maximum absolute atomic E-state index is 14.3. The van der Waals surface area contributed by atoms with Crippen LogP contribution in [0.4, 0.5) is 0 Å². The molecule has 0 radical (unpaired) electrons. The van der Waals surface area contributed by atoms with E-state index in [0.29, 0.717) is 29.7 Å². The molecule has 7 rings (SSSR count). The monoisotopic (exact) mass is 670 g/mol. The molecular formula is C36H35BrN2O6. The summed E-state index contributed by atoms with van der Waals surface area (Å²) in [5.74, 6) is -2.59. The van der Waals surface area contributed by atoms with Gasteiger partial charge in [-0.05, 0) is 77.7 Å². The number of carbonyl (C=O) groups excluding carboxylic acids is 4. The number of rotatable bonds is 6. The van der Waals surface area contributed by atoms with Crippen LogP contribution in [-0.4, -0.2) is 64.0 Å². The number of imide groups is 1. The normalized spacial score (nSPS) is 27.2. The standard InChI is InChI=1S/C36H35BrN2O6/c1-2-45-30-16-21(8-11-28(30)40)31-23-9-10-24-32(25(23)17-26-33(31)29(41)18-27(37)34(26)42)36(44)39(35(24)43)22-12-14-38(15-13-22)19-20-6-4-3-5-7-20/h3-9,11,16,18,22,24-25,31-32,40H,2,10,12-15,17,19H2,1H3. The third-order valence-corrected chi connectivity index (χ3v) is 10.7. The number of allylic oxidation sites excluding steroid dienone is 6. The first kappa shape index (κ1) is 29.9. The van der Waals surface area contributed by atoms with Crippen molar-refractivity contribution in [3.63, 3.8) is 0 Å². The molecule has 4 atom stereocenters. The van der Waals surface area contributed by atoms with E-state index < -0.39 is 23.7 Å². The fraction of sp³-hybridized carbons (Fsp3) is 0.389. The zero-order chi connectivity index (χ0) is 31.4. The summed E-state index contributed by atoms with van der Waals surface area (Å²) in [7, 11) is 0. The molecule has 3 aliphatic carbocycles. The van der Waals surface area contributed by atoms with Gasteiger partial charge >= 0.3 is 0 Å². The molecule has 1 N–H and O–H groups in total. The topological polar surface area (TPSA) is 104 Å². The van der Waals surface area contributed by atoms with Crippen molar-refractivity contribution in [2.45, 2.75) is 51.1 Å². The van der Waals surface area contributed by atoms with Gasteiger partial charge in [-0.2, -0.15) is 0 Å². The van der Waals surface area contributed by atoms with Crippen molar-refractivity contribution in [1.82, 2.24) is 9.80 Å². The second-order valence-electron chi connectivity index (χ2n) is 12.6. The van der Waals surface area contributed by atoms with Crippen molar-refractivity contribution in [2.24, 2.45) is 17.8 Å². The van der Waals surface area contributed by atoms with Gasteiger partial charge in [-0.25, -0.2) is 0 Å². The Hall–Kier alpha value is -3.82. The molecule has 2 aromatic carbocycles. The number of carbonyl (C=O) groups is 4. The number of hydrogen-bond donors (Lipinski definition) is 1. The number of aromatic hydroxyl groups is 1. The fourth-order valence-electron chi connectivity index (χ4n) is 8.13. The molecule has 2 amide bonds. The zero-order valence-corrected chi connectivity index (χ0v) is 26.7. The van der Waals surface area contributed by atoms with Crippen LogP contribution in [0, 0.1) is 17.8 Å². The summed E-state index contributed by atoms with van der Waals surface area (Å²) in [6, 6.07) is 15.1. The van der Waals surface area contributed by atoms with Gasteiger partial charge in [0.05, 0.1) is 22.9 Å². The Kier molecular flexibility index (Phi) is 7.86. The predicted molar refractivity (Wildman–Crippen MR) is 170 cm³/mol. The first-order chi connectivity index (χ1) is 21.8. The SMILES string of the molecule is CCOc1cc(C2C3=CCC4C(=O)N(C5CCN(Cc6ccccc6)CC5)C(=O)C4C3CC3=C2C(=O)C=C(Br)C3=O)ccc1O. The van der Waals surface area contributed by atoms with Gasteiger partial charge < -0.3 is 9.84 Å². The Balaban J connectivity index is 1.19. The Morgan fingerprint density at radius 2 is 1.73 bits per heavy atom. The van der Waals surface area contributed by atoms with E-state index in [1.54, 1.807) is 17.0 Å². The van der Waals surface area contributed by atoms with Crippen molar-refractivity contribution < 1.29 is 29.0 Å². The van der Waals surface area contributed by atoms with Crippen molar-refractivity contribution >= 4 is 39.3 Å².